The van der Waals surface area contributed by atoms with Gasteiger partial charge in [0.25, 0.3) is 0 Å². The standard InChI is InChI=1S/C9H10INO3/c10-7-3-1-2-6(4-7)9(11,5-12)8(13)14/h1-4,12H,5,11H2,(H,13,14)/t9-/m0/s1. The van der Waals surface area contributed by atoms with Gasteiger partial charge < -0.3 is 15.9 Å². The molecule has 4 N–H and O–H groups in total. The molecule has 0 saturated carbocycles. The molecule has 0 unspecified atom stereocenters. The van der Waals surface area contributed by atoms with E-state index >= 15 is 0 Å². The molecule has 0 aliphatic heterocycles. The summed E-state index contributed by atoms with van der Waals surface area (Å²) in [4.78, 5) is 10.9. The van der Waals surface area contributed by atoms with Gasteiger partial charge in [0, 0.05) is 3.57 Å². The van der Waals surface area contributed by atoms with Crippen LogP contribution in [0.15, 0.2) is 24.3 Å². The van der Waals surface area contributed by atoms with Gasteiger partial charge in [-0.3, -0.25) is 0 Å². The van der Waals surface area contributed by atoms with Crippen molar-refractivity contribution >= 4 is 28.6 Å². The molecular weight excluding hydrogens is 297 g/mol. The van der Waals surface area contributed by atoms with E-state index in [2.05, 4.69) is 22.6 Å². The molecule has 0 bridgehead atoms. The predicted molar refractivity (Wildman–Crippen MR) is 59.7 cm³/mol. The Labute approximate surface area is 94.9 Å². The first-order chi connectivity index (χ1) is 6.50. The first-order valence-corrected chi connectivity index (χ1v) is 4.98. The largest absolute Gasteiger partial charge is 0.480 e. The minimum atomic E-state index is -1.71. The monoisotopic (exact) mass is 307 g/mol. The zero-order valence-corrected chi connectivity index (χ0v) is 9.43. The Hall–Kier alpha value is -0.660. The minimum Gasteiger partial charge on any atom is -0.480 e. The van der Waals surface area contributed by atoms with Crippen LogP contribution in [0.4, 0.5) is 0 Å². The number of aliphatic hydroxyl groups excluding tert-OH is 1. The minimum absolute atomic E-state index is 0.402. The molecule has 0 saturated heterocycles. The van der Waals surface area contributed by atoms with Crippen LogP contribution in [0.3, 0.4) is 0 Å². The fourth-order valence-electron chi connectivity index (χ4n) is 1.05. The lowest BCUT2D eigenvalue weighted by molar-refractivity contribution is -0.145. The molecule has 1 aromatic carbocycles. The SMILES string of the molecule is N[C@](CO)(C(=O)O)c1cccc(I)c1. The number of hydrogen-bond donors (Lipinski definition) is 3. The van der Waals surface area contributed by atoms with Gasteiger partial charge in [-0.1, -0.05) is 12.1 Å². The smallest absolute Gasteiger partial charge is 0.330 e. The molecule has 0 aromatic heterocycles. The summed E-state index contributed by atoms with van der Waals surface area (Å²) in [5.74, 6) is -1.23. The summed E-state index contributed by atoms with van der Waals surface area (Å²) in [6, 6.07) is 6.76. The third-order valence-electron chi connectivity index (χ3n) is 1.97. The third-order valence-corrected chi connectivity index (χ3v) is 2.64. The molecule has 0 spiro atoms. The van der Waals surface area contributed by atoms with Crippen LogP contribution in [0.25, 0.3) is 0 Å². The third kappa shape index (κ3) is 2.05. The van der Waals surface area contributed by atoms with Gasteiger partial charge >= 0.3 is 5.97 Å². The lowest BCUT2D eigenvalue weighted by atomic mass is 9.92. The molecule has 0 radical (unpaired) electrons. The van der Waals surface area contributed by atoms with Crippen LogP contribution >= 0.6 is 22.6 Å². The van der Waals surface area contributed by atoms with Crippen LogP contribution in [-0.2, 0) is 10.3 Å². The first kappa shape index (κ1) is 11.4. The van der Waals surface area contributed by atoms with Crippen LogP contribution in [0, 0.1) is 3.57 Å². The van der Waals surface area contributed by atoms with Crippen molar-refractivity contribution < 1.29 is 15.0 Å². The molecule has 76 valence electrons. The number of nitrogens with two attached hydrogens (primary N) is 1. The van der Waals surface area contributed by atoms with E-state index in [0.29, 0.717) is 5.56 Å². The van der Waals surface area contributed by atoms with Crippen LogP contribution in [0.2, 0.25) is 0 Å². The zero-order chi connectivity index (χ0) is 10.8. The number of halogens is 1. The molecule has 1 atom stereocenters. The van der Waals surface area contributed by atoms with Crippen molar-refractivity contribution in [1.29, 1.82) is 0 Å². The molecule has 5 heteroatoms. The van der Waals surface area contributed by atoms with Gasteiger partial charge in [0.05, 0.1) is 6.61 Å². The molecule has 1 aromatic rings. The van der Waals surface area contributed by atoms with Gasteiger partial charge in [-0.15, -0.1) is 0 Å². The van der Waals surface area contributed by atoms with Gasteiger partial charge in [0.15, 0.2) is 5.54 Å². The van der Waals surface area contributed by atoms with Gasteiger partial charge in [0.1, 0.15) is 0 Å². The van der Waals surface area contributed by atoms with Gasteiger partial charge in [-0.05, 0) is 40.3 Å². The molecule has 0 fully saturated rings. The van der Waals surface area contributed by atoms with E-state index in [9.17, 15) is 4.79 Å². The summed E-state index contributed by atoms with van der Waals surface area (Å²) in [6.07, 6.45) is 0. The Bertz CT molecular complexity index is 356. The average Bonchev–Trinajstić information content (AvgIpc) is 2.16. The molecule has 0 aliphatic carbocycles. The fraction of sp³-hybridized carbons (Fsp3) is 0.222. The molecule has 14 heavy (non-hydrogen) atoms. The maximum atomic E-state index is 10.9. The Balaban J connectivity index is 3.19. The summed E-state index contributed by atoms with van der Waals surface area (Å²) in [5, 5.41) is 17.9. The molecule has 1 rings (SSSR count). The van der Waals surface area contributed by atoms with Crippen molar-refractivity contribution in [3.63, 3.8) is 0 Å². The fourth-order valence-corrected chi connectivity index (χ4v) is 1.59. The van der Waals surface area contributed by atoms with E-state index in [4.69, 9.17) is 15.9 Å². The number of carboxylic acids is 1. The van der Waals surface area contributed by atoms with E-state index in [0.717, 1.165) is 3.57 Å². The van der Waals surface area contributed by atoms with Crippen LogP contribution in [0.5, 0.6) is 0 Å². The van der Waals surface area contributed by atoms with E-state index < -0.39 is 18.1 Å². The van der Waals surface area contributed by atoms with E-state index in [1.807, 2.05) is 6.07 Å². The summed E-state index contributed by atoms with van der Waals surface area (Å²) in [6.45, 7) is -0.623. The zero-order valence-electron chi connectivity index (χ0n) is 7.27. The van der Waals surface area contributed by atoms with Gasteiger partial charge in [-0.2, -0.15) is 0 Å². The Morgan fingerprint density at radius 3 is 2.64 bits per heavy atom. The number of aliphatic hydroxyl groups is 1. The van der Waals surface area contributed by atoms with Crippen molar-refractivity contribution in [2.24, 2.45) is 5.73 Å². The van der Waals surface area contributed by atoms with Crippen molar-refractivity contribution in [2.75, 3.05) is 6.61 Å². The summed E-state index contributed by atoms with van der Waals surface area (Å²) >= 11 is 2.06. The van der Waals surface area contributed by atoms with Crippen molar-refractivity contribution in [3.05, 3.63) is 33.4 Å². The maximum Gasteiger partial charge on any atom is 0.330 e. The Kier molecular flexibility index (Phi) is 3.46. The van der Waals surface area contributed by atoms with Crippen molar-refractivity contribution in [1.82, 2.24) is 0 Å². The highest BCUT2D eigenvalue weighted by Gasteiger charge is 2.35. The Morgan fingerprint density at radius 2 is 2.21 bits per heavy atom. The molecular formula is C9H10INO3. The number of rotatable bonds is 3. The topological polar surface area (TPSA) is 83.5 Å². The second kappa shape index (κ2) is 4.24. The van der Waals surface area contributed by atoms with Crippen molar-refractivity contribution in [3.8, 4) is 0 Å². The van der Waals surface area contributed by atoms with Crippen LogP contribution in [0.1, 0.15) is 5.56 Å². The molecule has 0 heterocycles. The predicted octanol–water partition coefficient (Wildman–Crippen LogP) is 0.522. The number of carboxylic acid groups (broad SMARTS) is 1. The highest BCUT2D eigenvalue weighted by Crippen LogP contribution is 2.20. The summed E-state index contributed by atoms with van der Waals surface area (Å²) in [7, 11) is 0. The average molecular weight is 307 g/mol. The van der Waals surface area contributed by atoms with Crippen LogP contribution < -0.4 is 5.73 Å². The number of hydrogen-bond acceptors (Lipinski definition) is 3. The molecule has 0 aliphatic rings. The van der Waals surface area contributed by atoms with E-state index in [1.54, 1.807) is 18.2 Å². The normalized spacial score (nSPS) is 14.8. The highest BCUT2D eigenvalue weighted by molar-refractivity contribution is 14.1. The second-order valence-electron chi connectivity index (χ2n) is 2.94. The van der Waals surface area contributed by atoms with Gasteiger partial charge in [-0.25, -0.2) is 4.79 Å². The summed E-state index contributed by atoms with van der Waals surface area (Å²) < 4.78 is 0.879. The maximum absolute atomic E-state index is 10.9. The van der Waals surface area contributed by atoms with E-state index in [1.165, 1.54) is 0 Å². The summed E-state index contributed by atoms with van der Waals surface area (Å²) in [5.41, 5.74) is 4.27. The quantitative estimate of drug-likeness (QED) is 0.711. The number of benzene rings is 1. The lowest BCUT2D eigenvalue weighted by Crippen LogP contribution is -2.48. The van der Waals surface area contributed by atoms with Gasteiger partial charge in [0.2, 0.25) is 0 Å². The van der Waals surface area contributed by atoms with Crippen molar-refractivity contribution in [2.45, 2.75) is 5.54 Å². The molecule has 4 nitrogen and oxygen atoms in total. The second-order valence-corrected chi connectivity index (χ2v) is 4.19. The Morgan fingerprint density at radius 1 is 1.57 bits per heavy atom. The molecule has 0 amide bonds. The highest BCUT2D eigenvalue weighted by atomic mass is 127. The lowest BCUT2D eigenvalue weighted by Gasteiger charge is -2.22. The number of carbonyl (C=O) groups is 1. The number of aliphatic carboxylic acids is 1. The first-order valence-electron chi connectivity index (χ1n) is 3.90. The van der Waals surface area contributed by atoms with Crippen LogP contribution in [-0.4, -0.2) is 22.8 Å². The van der Waals surface area contributed by atoms with E-state index in [-0.39, 0.29) is 0 Å².